The summed E-state index contributed by atoms with van der Waals surface area (Å²) >= 11 is 0. The minimum Gasteiger partial charge on any atom is -0.479 e. The van der Waals surface area contributed by atoms with E-state index >= 15 is 0 Å². The number of hydrogen-bond donors (Lipinski definition) is 1. The maximum atomic E-state index is 14.2. The fraction of sp³-hybridized carbons (Fsp3) is 0.529. The number of alkyl halides is 1. The molecule has 0 aliphatic carbocycles. The standard InChI is InChI=1S/C17H21FN2O5S/c18-17(16(22)23)7-10-19(12-17)15(21)13-5-4-6-14(11-13)26(24,25)20-8-2-1-3-9-20/h4-6,11H,1-3,7-10,12H2,(H,22,23). The smallest absolute Gasteiger partial charge is 0.343 e. The number of rotatable bonds is 4. The zero-order chi connectivity index (χ0) is 18.9. The predicted octanol–water partition coefficient (Wildman–Crippen LogP) is 1.50. The minimum atomic E-state index is -3.68. The molecule has 9 heteroatoms. The van der Waals surface area contributed by atoms with Gasteiger partial charge in [0.1, 0.15) is 0 Å². The summed E-state index contributed by atoms with van der Waals surface area (Å²) in [6.07, 6.45) is 2.33. The Bertz CT molecular complexity index is 822. The molecule has 2 fully saturated rings. The molecule has 7 nitrogen and oxygen atoms in total. The maximum absolute atomic E-state index is 14.2. The first-order chi connectivity index (χ1) is 12.2. The summed E-state index contributed by atoms with van der Waals surface area (Å²) in [5.41, 5.74) is -2.34. The largest absolute Gasteiger partial charge is 0.479 e. The van der Waals surface area contributed by atoms with E-state index in [1.54, 1.807) is 0 Å². The first kappa shape index (κ1) is 18.8. The lowest BCUT2D eigenvalue weighted by Crippen LogP contribution is -2.39. The van der Waals surface area contributed by atoms with Gasteiger partial charge in [0.25, 0.3) is 5.91 Å². The van der Waals surface area contributed by atoms with E-state index in [1.165, 1.54) is 28.6 Å². The maximum Gasteiger partial charge on any atom is 0.343 e. The Morgan fingerprint density at radius 2 is 1.81 bits per heavy atom. The van der Waals surface area contributed by atoms with Gasteiger partial charge in [-0.1, -0.05) is 12.5 Å². The van der Waals surface area contributed by atoms with Crippen molar-refractivity contribution in [3.8, 4) is 0 Å². The number of benzene rings is 1. The number of carbonyl (C=O) groups excluding carboxylic acids is 1. The van der Waals surface area contributed by atoms with Gasteiger partial charge in [-0.25, -0.2) is 17.6 Å². The van der Waals surface area contributed by atoms with Gasteiger partial charge >= 0.3 is 5.97 Å². The molecular formula is C17H21FN2O5S. The van der Waals surface area contributed by atoms with E-state index in [2.05, 4.69) is 0 Å². The average Bonchev–Trinajstić information content (AvgIpc) is 3.06. The van der Waals surface area contributed by atoms with Gasteiger partial charge in [-0.3, -0.25) is 4.79 Å². The third-order valence-corrected chi connectivity index (χ3v) is 6.82. The van der Waals surface area contributed by atoms with Gasteiger partial charge in [0.2, 0.25) is 15.7 Å². The van der Waals surface area contributed by atoms with E-state index in [-0.39, 0.29) is 23.4 Å². The highest BCUT2D eigenvalue weighted by Crippen LogP contribution is 2.28. The lowest BCUT2D eigenvalue weighted by atomic mass is 10.1. The van der Waals surface area contributed by atoms with Crippen molar-refractivity contribution in [2.24, 2.45) is 0 Å². The van der Waals surface area contributed by atoms with Crippen LogP contribution in [0.3, 0.4) is 0 Å². The van der Waals surface area contributed by atoms with Crippen molar-refractivity contribution in [3.63, 3.8) is 0 Å². The minimum absolute atomic E-state index is 0.0224. The molecule has 0 aromatic heterocycles. The van der Waals surface area contributed by atoms with Crippen LogP contribution in [0.2, 0.25) is 0 Å². The lowest BCUT2D eigenvalue weighted by Gasteiger charge is -2.26. The molecule has 26 heavy (non-hydrogen) atoms. The van der Waals surface area contributed by atoms with E-state index in [1.807, 2.05) is 0 Å². The van der Waals surface area contributed by atoms with Gasteiger partial charge in [0.05, 0.1) is 11.4 Å². The molecule has 1 amide bonds. The molecule has 1 atom stereocenters. The lowest BCUT2D eigenvalue weighted by molar-refractivity contribution is -0.149. The zero-order valence-electron chi connectivity index (χ0n) is 14.2. The van der Waals surface area contributed by atoms with Crippen LogP contribution in [0.15, 0.2) is 29.2 Å². The molecule has 2 aliphatic rings. The number of carbonyl (C=O) groups is 2. The Hall–Kier alpha value is -2.00. The summed E-state index contributed by atoms with van der Waals surface area (Å²) in [4.78, 5) is 24.7. The molecule has 2 saturated heterocycles. The number of halogens is 1. The molecule has 1 unspecified atom stereocenters. The Balaban J connectivity index is 1.81. The van der Waals surface area contributed by atoms with E-state index < -0.39 is 34.1 Å². The number of likely N-dealkylation sites (tertiary alicyclic amines) is 1. The van der Waals surface area contributed by atoms with Crippen molar-refractivity contribution < 1.29 is 27.5 Å². The second kappa shape index (κ2) is 6.96. The number of amides is 1. The normalized spacial score (nSPS) is 24.6. The van der Waals surface area contributed by atoms with Crippen LogP contribution >= 0.6 is 0 Å². The highest BCUT2D eigenvalue weighted by Gasteiger charge is 2.47. The van der Waals surface area contributed by atoms with E-state index in [9.17, 15) is 22.4 Å². The molecule has 1 aromatic rings. The summed E-state index contributed by atoms with van der Waals surface area (Å²) in [6.45, 7) is 0.347. The van der Waals surface area contributed by atoms with Crippen LogP contribution in [0.1, 0.15) is 36.0 Å². The topological polar surface area (TPSA) is 95.0 Å². The van der Waals surface area contributed by atoms with Crippen LogP contribution in [0.25, 0.3) is 0 Å². The molecule has 142 valence electrons. The number of piperidine rings is 1. The van der Waals surface area contributed by atoms with Crippen molar-refractivity contribution in [1.82, 2.24) is 9.21 Å². The highest BCUT2D eigenvalue weighted by atomic mass is 32.2. The first-order valence-corrected chi connectivity index (χ1v) is 10.00. The van der Waals surface area contributed by atoms with Crippen LogP contribution < -0.4 is 0 Å². The van der Waals surface area contributed by atoms with Crippen LogP contribution in [-0.2, 0) is 14.8 Å². The molecule has 0 spiro atoms. The summed E-state index contributed by atoms with van der Waals surface area (Å²) < 4.78 is 41.1. The number of aliphatic carboxylic acids is 1. The highest BCUT2D eigenvalue weighted by molar-refractivity contribution is 7.89. The van der Waals surface area contributed by atoms with Crippen molar-refractivity contribution in [3.05, 3.63) is 29.8 Å². The van der Waals surface area contributed by atoms with Crippen LogP contribution in [0.4, 0.5) is 4.39 Å². The second-order valence-electron chi connectivity index (χ2n) is 6.74. The van der Waals surface area contributed by atoms with Crippen LogP contribution in [-0.4, -0.2) is 66.5 Å². The second-order valence-corrected chi connectivity index (χ2v) is 8.68. The number of carboxylic acids is 1. The summed E-state index contributed by atoms with van der Waals surface area (Å²) in [6, 6.07) is 5.64. The molecule has 2 aliphatic heterocycles. The van der Waals surface area contributed by atoms with Crippen LogP contribution in [0.5, 0.6) is 0 Å². The number of hydrogen-bond acceptors (Lipinski definition) is 4. The third-order valence-electron chi connectivity index (χ3n) is 4.92. The molecule has 1 aromatic carbocycles. The first-order valence-electron chi connectivity index (χ1n) is 8.56. The van der Waals surface area contributed by atoms with E-state index in [4.69, 9.17) is 5.11 Å². The fourth-order valence-corrected chi connectivity index (χ4v) is 4.91. The van der Waals surface area contributed by atoms with Crippen molar-refractivity contribution in [2.75, 3.05) is 26.2 Å². The van der Waals surface area contributed by atoms with Gasteiger partial charge in [0, 0.05) is 31.6 Å². The fourth-order valence-electron chi connectivity index (χ4n) is 3.35. The van der Waals surface area contributed by atoms with Gasteiger partial charge in [-0.2, -0.15) is 4.31 Å². The molecule has 1 N–H and O–H groups in total. The molecule has 3 rings (SSSR count). The Labute approximate surface area is 151 Å². The van der Waals surface area contributed by atoms with Gasteiger partial charge in [-0.05, 0) is 31.0 Å². The Morgan fingerprint density at radius 1 is 1.12 bits per heavy atom. The summed E-state index contributed by atoms with van der Waals surface area (Å²) in [5, 5.41) is 8.94. The molecular weight excluding hydrogens is 363 g/mol. The Morgan fingerprint density at radius 3 is 2.42 bits per heavy atom. The average molecular weight is 384 g/mol. The number of carboxylic acid groups (broad SMARTS) is 1. The van der Waals surface area contributed by atoms with Crippen molar-refractivity contribution >= 4 is 21.9 Å². The Kier molecular flexibility index (Phi) is 5.03. The quantitative estimate of drug-likeness (QED) is 0.849. The van der Waals surface area contributed by atoms with Crippen LogP contribution in [0, 0.1) is 0 Å². The van der Waals surface area contributed by atoms with Gasteiger partial charge in [-0.15, -0.1) is 0 Å². The summed E-state index contributed by atoms with van der Waals surface area (Å²) in [5.74, 6) is -2.16. The van der Waals surface area contributed by atoms with Gasteiger partial charge in [0.15, 0.2) is 0 Å². The van der Waals surface area contributed by atoms with Crippen molar-refractivity contribution in [1.29, 1.82) is 0 Å². The monoisotopic (exact) mass is 384 g/mol. The van der Waals surface area contributed by atoms with E-state index in [0.29, 0.717) is 13.1 Å². The predicted molar refractivity (Wildman–Crippen MR) is 91.0 cm³/mol. The van der Waals surface area contributed by atoms with E-state index in [0.717, 1.165) is 24.2 Å². The van der Waals surface area contributed by atoms with Crippen molar-refractivity contribution in [2.45, 2.75) is 36.2 Å². The SMILES string of the molecule is O=C(c1cccc(S(=O)(=O)N2CCCCC2)c1)N1CCC(F)(C(=O)O)C1. The molecule has 0 saturated carbocycles. The zero-order valence-corrected chi connectivity index (χ0v) is 15.0. The summed E-state index contributed by atoms with van der Waals surface area (Å²) in [7, 11) is -3.68. The van der Waals surface area contributed by atoms with Gasteiger partial charge < -0.3 is 10.0 Å². The number of nitrogens with zero attached hydrogens (tertiary/aromatic N) is 2. The molecule has 0 bridgehead atoms. The molecule has 0 radical (unpaired) electrons. The molecule has 2 heterocycles. The third kappa shape index (κ3) is 3.45. The number of sulfonamides is 1.